The molecule has 0 aliphatic carbocycles. The van der Waals surface area contributed by atoms with Gasteiger partial charge in [-0.15, -0.1) is 0 Å². The molecular weight excluding hydrogens is 360 g/mol. The minimum absolute atomic E-state index is 0.0410. The van der Waals surface area contributed by atoms with Gasteiger partial charge < -0.3 is 4.74 Å². The molecule has 4 aromatic rings. The number of esters is 1. The molecule has 0 spiro atoms. The van der Waals surface area contributed by atoms with Crippen LogP contribution in [0.5, 0.6) is 0 Å². The summed E-state index contributed by atoms with van der Waals surface area (Å²) in [5.74, 6) is -0.425. The van der Waals surface area contributed by atoms with Crippen molar-refractivity contribution in [3.63, 3.8) is 0 Å². The Morgan fingerprint density at radius 2 is 1.66 bits per heavy atom. The summed E-state index contributed by atoms with van der Waals surface area (Å²) in [7, 11) is 0. The zero-order valence-corrected chi connectivity index (χ0v) is 15.9. The van der Waals surface area contributed by atoms with Crippen LogP contribution in [0, 0.1) is 18.3 Å². The number of rotatable bonds is 4. The molecule has 4 heteroatoms. The Bertz CT molecular complexity index is 1240. The molecule has 0 unspecified atom stereocenters. The number of carbonyl (C=O) groups excluding carboxylic acids is 1. The average Bonchev–Trinajstić information content (AvgIpc) is 2.77. The van der Waals surface area contributed by atoms with E-state index in [9.17, 15) is 10.1 Å². The van der Waals surface area contributed by atoms with Crippen LogP contribution in [0.25, 0.3) is 22.2 Å². The van der Waals surface area contributed by atoms with Crippen molar-refractivity contribution in [2.24, 2.45) is 0 Å². The highest BCUT2D eigenvalue weighted by atomic mass is 16.5. The molecule has 0 N–H and O–H groups in total. The van der Waals surface area contributed by atoms with Crippen molar-refractivity contribution >= 4 is 16.9 Å². The molecule has 0 atom stereocenters. The van der Waals surface area contributed by atoms with Crippen LogP contribution in [-0.4, -0.2) is 11.0 Å². The summed E-state index contributed by atoms with van der Waals surface area (Å²) in [4.78, 5) is 17.9. The topological polar surface area (TPSA) is 63.0 Å². The van der Waals surface area contributed by atoms with Crippen molar-refractivity contribution in [1.29, 1.82) is 5.26 Å². The minimum Gasteiger partial charge on any atom is -0.457 e. The molecule has 0 fully saturated rings. The molecule has 0 aliphatic heterocycles. The Balaban J connectivity index is 1.77. The van der Waals surface area contributed by atoms with Crippen molar-refractivity contribution in [2.45, 2.75) is 13.5 Å². The third-order valence-corrected chi connectivity index (χ3v) is 4.88. The molecule has 0 amide bonds. The molecule has 0 bridgehead atoms. The van der Waals surface area contributed by atoms with Gasteiger partial charge in [-0.05, 0) is 24.6 Å². The molecule has 4 rings (SSSR count). The number of pyridine rings is 1. The first-order valence-corrected chi connectivity index (χ1v) is 9.29. The predicted molar refractivity (Wildman–Crippen MR) is 112 cm³/mol. The van der Waals surface area contributed by atoms with E-state index in [1.165, 1.54) is 0 Å². The molecule has 140 valence electrons. The molecule has 0 saturated carbocycles. The van der Waals surface area contributed by atoms with Gasteiger partial charge in [0.05, 0.1) is 28.4 Å². The lowest BCUT2D eigenvalue weighted by Crippen LogP contribution is -2.10. The third kappa shape index (κ3) is 3.59. The van der Waals surface area contributed by atoms with Crippen LogP contribution >= 0.6 is 0 Å². The fourth-order valence-electron chi connectivity index (χ4n) is 3.42. The summed E-state index contributed by atoms with van der Waals surface area (Å²) in [6.07, 6.45) is 0. The van der Waals surface area contributed by atoms with Crippen LogP contribution in [0.2, 0.25) is 0 Å². The Labute approximate surface area is 169 Å². The lowest BCUT2D eigenvalue weighted by molar-refractivity contribution is 0.0474. The lowest BCUT2D eigenvalue weighted by Gasteiger charge is -2.14. The van der Waals surface area contributed by atoms with E-state index in [2.05, 4.69) is 6.07 Å². The van der Waals surface area contributed by atoms with Crippen molar-refractivity contribution in [2.75, 3.05) is 0 Å². The van der Waals surface area contributed by atoms with E-state index in [1.54, 1.807) is 18.2 Å². The normalized spacial score (nSPS) is 10.5. The Morgan fingerprint density at radius 3 is 2.45 bits per heavy atom. The monoisotopic (exact) mass is 378 g/mol. The maximum absolute atomic E-state index is 13.1. The van der Waals surface area contributed by atoms with E-state index in [0.29, 0.717) is 16.7 Å². The number of fused-ring (bicyclic) bond motifs is 1. The molecule has 3 aromatic carbocycles. The van der Waals surface area contributed by atoms with Crippen LogP contribution in [0.15, 0.2) is 78.9 Å². The van der Waals surface area contributed by atoms with Crippen LogP contribution < -0.4 is 0 Å². The first-order chi connectivity index (χ1) is 14.2. The van der Waals surface area contributed by atoms with E-state index in [0.717, 1.165) is 27.7 Å². The first-order valence-electron chi connectivity index (χ1n) is 9.29. The smallest absolute Gasteiger partial charge is 0.339 e. The third-order valence-electron chi connectivity index (χ3n) is 4.88. The van der Waals surface area contributed by atoms with Gasteiger partial charge >= 0.3 is 5.97 Å². The van der Waals surface area contributed by atoms with Crippen LogP contribution in [0.1, 0.15) is 27.0 Å². The summed E-state index contributed by atoms with van der Waals surface area (Å²) in [5.41, 5.74) is 4.90. The van der Waals surface area contributed by atoms with E-state index in [1.807, 2.05) is 67.6 Å². The Morgan fingerprint density at radius 1 is 0.966 bits per heavy atom. The maximum atomic E-state index is 13.1. The van der Waals surface area contributed by atoms with Gasteiger partial charge in [0.15, 0.2) is 0 Å². The number of ether oxygens (including phenoxy) is 1. The van der Waals surface area contributed by atoms with E-state index < -0.39 is 5.97 Å². The molecule has 0 radical (unpaired) electrons. The number of hydrogen-bond donors (Lipinski definition) is 0. The van der Waals surface area contributed by atoms with Gasteiger partial charge in [-0.3, -0.25) is 0 Å². The van der Waals surface area contributed by atoms with Gasteiger partial charge in [0.1, 0.15) is 6.61 Å². The van der Waals surface area contributed by atoms with Gasteiger partial charge in [-0.25, -0.2) is 9.78 Å². The van der Waals surface area contributed by atoms with Gasteiger partial charge in [-0.1, -0.05) is 66.7 Å². The van der Waals surface area contributed by atoms with Gasteiger partial charge in [0, 0.05) is 16.5 Å². The zero-order chi connectivity index (χ0) is 20.2. The van der Waals surface area contributed by atoms with Gasteiger partial charge in [0.2, 0.25) is 0 Å². The highest BCUT2D eigenvalue weighted by Gasteiger charge is 2.20. The molecule has 0 saturated heterocycles. The number of carbonyl (C=O) groups is 1. The molecule has 4 nitrogen and oxygen atoms in total. The van der Waals surface area contributed by atoms with Crippen molar-refractivity contribution < 1.29 is 9.53 Å². The second-order valence-electron chi connectivity index (χ2n) is 6.69. The number of benzene rings is 3. The summed E-state index contributed by atoms with van der Waals surface area (Å²) < 4.78 is 5.62. The molecule has 29 heavy (non-hydrogen) atoms. The van der Waals surface area contributed by atoms with Crippen molar-refractivity contribution in [1.82, 2.24) is 4.98 Å². The fourth-order valence-corrected chi connectivity index (χ4v) is 3.42. The standard InChI is InChI=1S/C25H18N2O2/c1-17-23(25(28)29-16-20-12-6-5-11-19(20)15-26)21-13-7-8-14-22(21)27-24(17)18-9-3-2-4-10-18/h2-14H,16H2,1H3. The first kappa shape index (κ1) is 18.4. The second kappa shape index (κ2) is 7.95. The Kier molecular flexibility index (Phi) is 5.05. The number of para-hydroxylation sites is 1. The number of aromatic nitrogens is 1. The van der Waals surface area contributed by atoms with Crippen LogP contribution in [0.3, 0.4) is 0 Å². The SMILES string of the molecule is Cc1c(-c2ccccc2)nc2ccccc2c1C(=O)OCc1ccccc1C#N. The summed E-state index contributed by atoms with van der Waals surface area (Å²) in [5, 5.41) is 10.0. The number of nitriles is 1. The fraction of sp³-hybridized carbons (Fsp3) is 0.0800. The van der Waals surface area contributed by atoms with Crippen molar-refractivity contribution in [3.8, 4) is 17.3 Å². The maximum Gasteiger partial charge on any atom is 0.339 e. The largest absolute Gasteiger partial charge is 0.457 e. The quantitative estimate of drug-likeness (QED) is 0.444. The zero-order valence-electron chi connectivity index (χ0n) is 15.9. The van der Waals surface area contributed by atoms with E-state index in [-0.39, 0.29) is 6.61 Å². The van der Waals surface area contributed by atoms with Gasteiger partial charge in [0.25, 0.3) is 0 Å². The highest BCUT2D eigenvalue weighted by molar-refractivity contribution is 6.06. The Hall–Kier alpha value is -3.97. The molecular formula is C25H18N2O2. The average molecular weight is 378 g/mol. The van der Waals surface area contributed by atoms with Crippen molar-refractivity contribution in [3.05, 3.63) is 101 Å². The summed E-state index contributed by atoms with van der Waals surface area (Å²) in [6.45, 7) is 1.93. The number of nitrogens with zero attached hydrogens (tertiary/aromatic N) is 2. The summed E-state index contributed by atoms with van der Waals surface area (Å²) >= 11 is 0. The van der Waals surface area contributed by atoms with E-state index in [4.69, 9.17) is 9.72 Å². The van der Waals surface area contributed by atoms with Crippen LogP contribution in [0.4, 0.5) is 0 Å². The number of hydrogen-bond acceptors (Lipinski definition) is 4. The lowest BCUT2D eigenvalue weighted by atomic mass is 9.98. The predicted octanol–water partition coefficient (Wildman–Crippen LogP) is 5.44. The molecule has 1 aromatic heterocycles. The molecule has 1 heterocycles. The van der Waals surface area contributed by atoms with Gasteiger partial charge in [-0.2, -0.15) is 5.26 Å². The summed E-state index contributed by atoms with van der Waals surface area (Å²) in [6, 6.07) is 26.6. The minimum atomic E-state index is -0.425. The second-order valence-corrected chi connectivity index (χ2v) is 6.69. The molecule has 0 aliphatic rings. The highest BCUT2D eigenvalue weighted by Crippen LogP contribution is 2.30. The van der Waals surface area contributed by atoms with Crippen LogP contribution in [-0.2, 0) is 11.3 Å². The van der Waals surface area contributed by atoms with E-state index >= 15 is 0 Å².